The molecule has 1 aliphatic rings. The molecular weight excluding hydrogens is 476 g/mol. The van der Waals surface area contributed by atoms with Crippen LogP contribution in [0.5, 0.6) is 23.0 Å². The number of benzene rings is 2. The zero-order valence-electron chi connectivity index (χ0n) is 20.6. The number of nitrogens with one attached hydrogen (secondary N) is 3. The van der Waals surface area contributed by atoms with Crippen LogP contribution in [-0.2, 0) is 4.79 Å². The molecule has 0 radical (unpaired) electrons. The first-order valence-electron chi connectivity index (χ1n) is 11.6. The summed E-state index contributed by atoms with van der Waals surface area (Å²) in [6.45, 7) is -0.0971. The Kier molecular flexibility index (Phi) is 6.47. The largest absolute Gasteiger partial charge is 0.493 e. The van der Waals surface area contributed by atoms with Crippen LogP contribution in [0.1, 0.15) is 18.4 Å². The highest BCUT2D eigenvalue weighted by Crippen LogP contribution is 2.38. The van der Waals surface area contributed by atoms with Gasteiger partial charge >= 0.3 is 0 Å². The second kappa shape index (κ2) is 10.0. The SMILES string of the molecule is COc1ccc(Nc2c(-c3ccc(OCC(=O)NC4CC4)c(OC)c3)[nH]c3c(C#N)cnn23)cc1OC. The zero-order valence-corrected chi connectivity index (χ0v) is 20.6. The van der Waals surface area contributed by atoms with E-state index in [9.17, 15) is 10.1 Å². The molecule has 0 unspecified atom stereocenters. The minimum absolute atomic E-state index is 0.0971. The van der Waals surface area contributed by atoms with Crippen molar-refractivity contribution in [2.24, 2.45) is 0 Å². The fourth-order valence-corrected chi connectivity index (χ4v) is 3.96. The van der Waals surface area contributed by atoms with Gasteiger partial charge in [0.15, 0.2) is 41.1 Å². The summed E-state index contributed by atoms with van der Waals surface area (Å²) in [6.07, 6.45) is 3.52. The molecule has 0 saturated heterocycles. The summed E-state index contributed by atoms with van der Waals surface area (Å²) in [7, 11) is 4.68. The Balaban J connectivity index is 1.49. The van der Waals surface area contributed by atoms with E-state index < -0.39 is 0 Å². The number of nitriles is 1. The number of H-pyrrole nitrogens is 1. The molecule has 2 aromatic heterocycles. The predicted molar refractivity (Wildman–Crippen MR) is 136 cm³/mol. The Labute approximate surface area is 212 Å². The van der Waals surface area contributed by atoms with Crippen LogP contribution < -0.4 is 29.6 Å². The van der Waals surface area contributed by atoms with Crippen LogP contribution in [0.2, 0.25) is 0 Å². The van der Waals surface area contributed by atoms with Crippen LogP contribution in [0, 0.1) is 11.3 Å². The summed E-state index contributed by atoms with van der Waals surface area (Å²) in [6, 6.07) is 13.3. The van der Waals surface area contributed by atoms with E-state index in [-0.39, 0.29) is 18.6 Å². The number of aromatic amines is 1. The van der Waals surface area contributed by atoms with Crippen LogP contribution >= 0.6 is 0 Å². The lowest BCUT2D eigenvalue weighted by Crippen LogP contribution is -2.30. The lowest BCUT2D eigenvalue weighted by atomic mass is 10.1. The highest BCUT2D eigenvalue weighted by molar-refractivity contribution is 5.82. The molecule has 2 heterocycles. The number of carbonyl (C=O) groups is 1. The first-order valence-corrected chi connectivity index (χ1v) is 11.6. The van der Waals surface area contributed by atoms with Crippen LogP contribution in [0.4, 0.5) is 11.5 Å². The molecule has 5 rings (SSSR count). The molecule has 11 nitrogen and oxygen atoms in total. The summed E-state index contributed by atoms with van der Waals surface area (Å²) in [5.74, 6) is 2.51. The van der Waals surface area contributed by atoms with E-state index in [1.165, 1.54) is 13.3 Å². The lowest BCUT2D eigenvalue weighted by Gasteiger charge is -2.14. The smallest absolute Gasteiger partial charge is 0.258 e. The number of carbonyl (C=O) groups excluding carboxylic acids is 1. The van der Waals surface area contributed by atoms with Crippen molar-refractivity contribution in [2.45, 2.75) is 18.9 Å². The monoisotopic (exact) mass is 502 g/mol. The van der Waals surface area contributed by atoms with Crippen LogP contribution in [0.15, 0.2) is 42.6 Å². The summed E-state index contributed by atoms with van der Waals surface area (Å²) in [5.41, 5.74) is 3.09. The molecule has 1 aliphatic carbocycles. The Morgan fingerprint density at radius 1 is 1.08 bits per heavy atom. The Bertz CT molecular complexity index is 1500. The molecule has 190 valence electrons. The maximum absolute atomic E-state index is 12.0. The molecule has 0 spiro atoms. The fourth-order valence-electron chi connectivity index (χ4n) is 3.96. The second-order valence-electron chi connectivity index (χ2n) is 8.47. The summed E-state index contributed by atoms with van der Waals surface area (Å²) in [5, 5.41) is 20.2. The average Bonchev–Trinajstić information content (AvgIpc) is 3.54. The van der Waals surface area contributed by atoms with Gasteiger partial charge in [-0.3, -0.25) is 4.79 Å². The van der Waals surface area contributed by atoms with Gasteiger partial charge in [-0.2, -0.15) is 14.9 Å². The first kappa shape index (κ1) is 23.9. The van der Waals surface area contributed by atoms with Crippen LogP contribution in [0.25, 0.3) is 16.9 Å². The summed E-state index contributed by atoms with van der Waals surface area (Å²) in [4.78, 5) is 15.3. The average molecular weight is 503 g/mol. The fraction of sp³-hybridized carbons (Fsp3) is 0.269. The normalized spacial score (nSPS) is 12.6. The predicted octanol–water partition coefficient (Wildman–Crippen LogP) is 3.63. The number of aromatic nitrogens is 3. The van der Waals surface area contributed by atoms with Crippen molar-refractivity contribution in [2.75, 3.05) is 33.3 Å². The Hall–Kier alpha value is -4.85. The number of ether oxygens (including phenoxy) is 4. The van der Waals surface area contributed by atoms with Crippen molar-refractivity contribution in [3.05, 3.63) is 48.2 Å². The molecule has 2 aromatic carbocycles. The van der Waals surface area contributed by atoms with Crippen molar-refractivity contribution in [1.82, 2.24) is 19.9 Å². The third-order valence-corrected chi connectivity index (χ3v) is 5.98. The Morgan fingerprint density at radius 2 is 1.81 bits per heavy atom. The van der Waals surface area contributed by atoms with Gasteiger partial charge in [0, 0.05) is 23.4 Å². The first-order chi connectivity index (χ1) is 18.0. The molecule has 4 aromatic rings. The number of amides is 1. The number of anilines is 2. The van der Waals surface area contributed by atoms with E-state index in [1.807, 2.05) is 12.1 Å². The van der Waals surface area contributed by atoms with Gasteiger partial charge in [-0.1, -0.05) is 0 Å². The van der Waals surface area contributed by atoms with E-state index in [0.717, 1.165) is 24.1 Å². The quantitative estimate of drug-likeness (QED) is 0.299. The van der Waals surface area contributed by atoms with Gasteiger partial charge in [-0.15, -0.1) is 0 Å². The van der Waals surface area contributed by atoms with E-state index in [1.54, 1.807) is 43.0 Å². The lowest BCUT2D eigenvalue weighted by molar-refractivity contribution is -0.123. The van der Waals surface area contributed by atoms with Crippen molar-refractivity contribution >= 4 is 23.1 Å². The third-order valence-electron chi connectivity index (χ3n) is 5.98. The molecular formula is C26H26N6O5. The number of rotatable bonds is 10. The van der Waals surface area contributed by atoms with E-state index in [4.69, 9.17) is 18.9 Å². The van der Waals surface area contributed by atoms with Gasteiger partial charge in [-0.05, 0) is 43.2 Å². The van der Waals surface area contributed by atoms with Gasteiger partial charge in [0.1, 0.15) is 11.6 Å². The molecule has 1 fully saturated rings. The van der Waals surface area contributed by atoms with Crippen molar-refractivity contribution in [1.29, 1.82) is 5.26 Å². The van der Waals surface area contributed by atoms with Gasteiger partial charge in [0.2, 0.25) is 0 Å². The van der Waals surface area contributed by atoms with Crippen molar-refractivity contribution in [3.8, 4) is 40.3 Å². The second-order valence-corrected chi connectivity index (χ2v) is 8.47. The van der Waals surface area contributed by atoms with Gasteiger partial charge < -0.3 is 34.6 Å². The molecule has 1 amide bonds. The number of methoxy groups -OCH3 is 3. The van der Waals surface area contributed by atoms with E-state index in [2.05, 4.69) is 26.8 Å². The molecule has 3 N–H and O–H groups in total. The molecule has 0 atom stereocenters. The molecule has 11 heteroatoms. The number of hydrogen-bond acceptors (Lipinski definition) is 8. The Morgan fingerprint density at radius 3 is 2.51 bits per heavy atom. The van der Waals surface area contributed by atoms with Crippen molar-refractivity contribution in [3.63, 3.8) is 0 Å². The van der Waals surface area contributed by atoms with Crippen LogP contribution in [0.3, 0.4) is 0 Å². The van der Waals surface area contributed by atoms with E-state index in [0.29, 0.717) is 45.7 Å². The minimum atomic E-state index is -0.162. The zero-order chi connectivity index (χ0) is 25.9. The van der Waals surface area contributed by atoms with Gasteiger partial charge in [0.05, 0.1) is 33.2 Å². The van der Waals surface area contributed by atoms with Crippen molar-refractivity contribution < 1.29 is 23.7 Å². The molecule has 1 saturated carbocycles. The number of imidazole rings is 1. The third kappa shape index (κ3) is 4.81. The standard InChI is InChI=1S/C26H26N6O5/c1-34-19-9-7-18(11-22(19)36-3)30-26-24(31-25-16(12-27)13-28-32(25)26)15-4-8-20(21(10-15)35-2)37-14-23(33)29-17-5-6-17/h4,7-11,13,17,30-31H,5-6,14H2,1-3H3,(H,29,33). The molecule has 0 bridgehead atoms. The highest BCUT2D eigenvalue weighted by Gasteiger charge is 2.24. The van der Waals surface area contributed by atoms with E-state index >= 15 is 0 Å². The topological polar surface area (TPSA) is 135 Å². The maximum atomic E-state index is 12.0. The number of nitrogens with zero attached hydrogens (tertiary/aromatic N) is 3. The van der Waals surface area contributed by atoms with Gasteiger partial charge in [0.25, 0.3) is 5.91 Å². The highest BCUT2D eigenvalue weighted by atomic mass is 16.5. The summed E-state index contributed by atoms with van der Waals surface area (Å²) >= 11 is 0. The minimum Gasteiger partial charge on any atom is -0.493 e. The number of hydrogen-bond donors (Lipinski definition) is 3. The number of fused-ring (bicyclic) bond motifs is 1. The molecule has 0 aliphatic heterocycles. The van der Waals surface area contributed by atoms with Gasteiger partial charge in [-0.25, -0.2) is 0 Å². The molecule has 37 heavy (non-hydrogen) atoms. The summed E-state index contributed by atoms with van der Waals surface area (Å²) < 4.78 is 23.7. The van der Waals surface area contributed by atoms with Crippen LogP contribution in [-0.4, -0.2) is 54.5 Å². The maximum Gasteiger partial charge on any atom is 0.258 e.